The highest BCUT2D eigenvalue weighted by Crippen LogP contribution is 2.34. The van der Waals surface area contributed by atoms with Crippen molar-refractivity contribution in [2.75, 3.05) is 18.8 Å². The molecule has 0 fully saturated rings. The van der Waals surface area contributed by atoms with E-state index >= 15 is 0 Å². The van der Waals surface area contributed by atoms with E-state index < -0.39 is 0 Å². The van der Waals surface area contributed by atoms with Crippen LogP contribution in [-0.2, 0) is 13.0 Å². The summed E-state index contributed by atoms with van der Waals surface area (Å²) in [6.45, 7) is 7.47. The molecule has 4 rings (SSSR count). The van der Waals surface area contributed by atoms with E-state index in [1.54, 1.807) is 23.1 Å². The highest BCUT2D eigenvalue weighted by molar-refractivity contribution is 7.99. The van der Waals surface area contributed by atoms with E-state index in [0.29, 0.717) is 0 Å². The number of nitrogens with zero attached hydrogens (tertiary/aromatic N) is 3. The van der Waals surface area contributed by atoms with Gasteiger partial charge in [0, 0.05) is 23.7 Å². The van der Waals surface area contributed by atoms with E-state index in [1.165, 1.54) is 49.0 Å². The standard InChI is InChI=1S/C25H33N3OS2/c1-3-5-6-7-8-12-17-30-25-26-23-22(20-15-16-27(4-2)18-21(20)31-23)24(29)28(25)19-13-10-9-11-14-19/h9-11,13-14H,3-8,12,15-18H2,1-2H3. The van der Waals surface area contributed by atoms with Gasteiger partial charge >= 0.3 is 0 Å². The van der Waals surface area contributed by atoms with Crippen LogP contribution in [0, 0.1) is 0 Å². The monoisotopic (exact) mass is 455 g/mol. The molecule has 0 unspecified atom stereocenters. The molecule has 4 nitrogen and oxygen atoms in total. The Hall–Kier alpha value is -1.63. The molecule has 3 aromatic rings. The number of unbranched alkanes of at least 4 members (excludes halogenated alkanes) is 5. The normalized spacial score (nSPS) is 14.3. The number of hydrogen-bond acceptors (Lipinski definition) is 5. The average molecular weight is 456 g/mol. The van der Waals surface area contributed by atoms with Crippen LogP contribution in [0.3, 0.4) is 0 Å². The van der Waals surface area contributed by atoms with E-state index in [-0.39, 0.29) is 5.56 Å². The van der Waals surface area contributed by atoms with Crippen LogP contribution in [0.1, 0.15) is 62.8 Å². The van der Waals surface area contributed by atoms with Crippen LogP contribution >= 0.6 is 23.1 Å². The van der Waals surface area contributed by atoms with E-state index in [0.717, 1.165) is 52.9 Å². The number of thioether (sulfide) groups is 1. The second-order valence-corrected chi connectivity index (χ2v) is 10.4. The number of thiophene rings is 1. The van der Waals surface area contributed by atoms with E-state index in [1.807, 2.05) is 34.9 Å². The van der Waals surface area contributed by atoms with Gasteiger partial charge in [-0.3, -0.25) is 14.3 Å². The first kappa shape index (κ1) is 22.6. The zero-order chi connectivity index (χ0) is 21.6. The minimum atomic E-state index is 0.101. The molecular formula is C25H33N3OS2. The fraction of sp³-hybridized carbons (Fsp3) is 0.520. The third-order valence-electron chi connectivity index (χ3n) is 6.11. The van der Waals surface area contributed by atoms with Gasteiger partial charge in [-0.25, -0.2) is 4.98 Å². The quantitative estimate of drug-likeness (QED) is 0.205. The lowest BCUT2D eigenvalue weighted by Crippen LogP contribution is -2.30. The Labute approximate surface area is 193 Å². The molecule has 1 aliphatic rings. The Morgan fingerprint density at radius 1 is 1.06 bits per heavy atom. The Morgan fingerprint density at radius 2 is 1.84 bits per heavy atom. The predicted octanol–water partition coefficient (Wildman–Crippen LogP) is 6.28. The van der Waals surface area contributed by atoms with Crippen molar-refractivity contribution in [1.82, 2.24) is 14.5 Å². The molecular weight excluding hydrogens is 422 g/mol. The molecule has 3 heterocycles. The Kier molecular flexibility index (Phi) is 7.86. The number of aromatic nitrogens is 2. The molecule has 31 heavy (non-hydrogen) atoms. The molecule has 0 atom stereocenters. The summed E-state index contributed by atoms with van der Waals surface area (Å²) in [7, 11) is 0. The zero-order valence-electron chi connectivity index (χ0n) is 18.7. The van der Waals surface area contributed by atoms with Gasteiger partial charge in [-0.1, -0.05) is 75.9 Å². The molecule has 0 saturated carbocycles. The number of hydrogen-bond donors (Lipinski definition) is 0. The van der Waals surface area contributed by atoms with E-state index in [2.05, 4.69) is 18.7 Å². The summed E-state index contributed by atoms with van der Waals surface area (Å²) in [5.41, 5.74) is 2.25. The highest BCUT2D eigenvalue weighted by Gasteiger charge is 2.25. The van der Waals surface area contributed by atoms with Gasteiger partial charge in [0.2, 0.25) is 0 Å². The Bertz CT molecular complexity index is 1060. The molecule has 6 heteroatoms. The summed E-state index contributed by atoms with van der Waals surface area (Å²) in [5, 5.41) is 1.69. The summed E-state index contributed by atoms with van der Waals surface area (Å²) < 4.78 is 1.85. The first-order chi connectivity index (χ1) is 15.2. The lowest BCUT2D eigenvalue weighted by molar-refractivity contribution is 0.272. The minimum absolute atomic E-state index is 0.101. The first-order valence-electron chi connectivity index (χ1n) is 11.7. The van der Waals surface area contributed by atoms with Gasteiger partial charge in [0.1, 0.15) is 4.83 Å². The third kappa shape index (κ3) is 5.07. The summed E-state index contributed by atoms with van der Waals surface area (Å²) in [5.74, 6) is 1.01. The molecule has 0 radical (unpaired) electrons. The molecule has 1 aromatic carbocycles. The lowest BCUT2D eigenvalue weighted by atomic mass is 10.1. The fourth-order valence-electron chi connectivity index (χ4n) is 4.29. The van der Waals surface area contributed by atoms with E-state index in [4.69, 9.17) is 4.98 Å². The number of likely N-dealkylation sites (N-methyl/N-ethyl adjacent to an activating group) is 1. The fourth-order valence-corrected chi connectivity index (χ4v) is 6.61. The predicted molar refractivity (Wildman–Crippen MR) is 134 cm³/mol. The number of rotatable bonds is 10. The van der Waals surface area contributed by atoms with Crippen LogP contribution in [0.2, 0.25) is 0 Å². The number of benzene rings is 1. The SMILES string of the molecule is CCCCCCCCSc1nc2sc3c(c2c(=O)n1-c1ccccc1)CCN(CC)C3. The number of para-hydroxylation sites is 1. The van der Waals surface area contributed by atoms with Crippen molar-refractivity contribution in [1.29, 1.82) is 0 Å². The van der Waals surface area contributed by atoms with Gasteiger partial charge in [0.15, 0.2) is 5.16 Å². The smallest absolute Gasteiger partial charge is 0.267 e. The summed E-state index contributed by atoms with van der Waals surface area (Å²) in [6.07, 6.45) is 8.61. The van der Waals surface area contributed by atoms with Crippen LogP contribution in [-0.4, -0.2) is 33.3 Å². The Balaban J connectivity index is 1.65. The van der Waals surface area contributed by atoms with Crippen LogP contribution in [0.25, 0.3) is 15.9 Å². The summed E-state index contributed by atoms with van der Waals surface area (Å²) >= 11 is 3.46. The van der Waals surface area contributed by atoms with Crippen molar-refractivity contribution in [3.63, 3.8) is 0 Å². The summed E-state index contributed by atoms with van der Waals surface area (Å²) in [6, 6.07) is 10.0. The van der Waals surface area contributed by atoms with Crippen LogP contribution < -0.4 is 5.56 Å². The van der Waals surface area contributed by atoms with Gasteiger partial charge in [-0.15, -0.1) is 11.3 Å². The highest BCUT2D eigenvalue weighted by atomic mass is 32.2. The van der Waals surface area contributed by atoms with Gasteiger partial charge in [-0.2, -0.15) is 0 Å². The van der Waals surface area contributed by atoms with Crippen molar-refractivity contribution < 1.29 is 0 Å². The largest absolute Gasteiger partial charge is 0.298 e. The molecule has 0 N–H and O–H groups in total. The summed E-state index contributed by atoms with van der Waals surface area (Å²) in [4.78, 5) is 23.5. The molecule has 1 aliphatic heterocycles. The zero-order valence-corrected chi connectivity index (χ0v) is 20.4. The first-order valence-corrected chi connectivity index (χ1v) is 13.5. The van der Waals surface area contributed by atoms with Crippen molar-refractivity contribution in [2.24, 2.45) is 0 Å². The maximum absolute atomic E-state index is 13.7. The lowest BCUT2D eigenvalue weighted by Gasteiger charge is -2.25. The maximum Gasteiger partial charge on any atom is 0.267 e. The third-order valence-corrected chi connectivity index (χ3v) is 8.25. The second kappa shape index (κ2) is 10.8. The Morgan fingerprint density at radius 3 is 2.61 bits per heavy atom. The molecule has 166 valence electrons. The molecule has 2 aromatic heterocycles. The molecule has 0 aliphatic carbocycles. The van der Waals surface area contributed by atoms with Crippen LogP contribution in [0.15, 0.2) is 40.3 Å². The van der Waals surface area contributed by atoms with Crippen molar-refractivity contribution in [2.45, 2.75) is 70.5 Å². The van der Waals surface area contributed by atoms with Gasteiger partial charge in [0.05, 0.1) is 11.1 Å². The van der Waals surface area contributed by atoms with Crippen molar-refractivity contribution in [3.05, 3.63) is 51.1 Å². The molecule has 0 amide bonds. The molecule has 0 saturated heterocycles. The van der Waals surface area contributed by atoms with Crippen molar-refractivity contribution >= 4 is 33.3 Å². The molecule has 0 bridgehead atoms. The second-order valence-electron chi connectivity index (χ2n) is 8.29. The van der Waals surface area contributed by atoms with Gasteiger partial charge < -0.3 is 0 Å². The molecule has 0 spiro atoms. The van der Waals surface area contributed by atoms with Crippen LogP contribution in [0.4, 0.5) is 0 Å². The van der Waals surface area contributed by atoms with E-state index in [9.17, 15) is 4.79 Å². The minimum Gasteiger partial charge on any atom is -0.298 e. The topological polar surface area (TPSA) is 38.1 Å². The average Bonchev–Trinajstić information content (AvgIpc) is 3.16. The van der Waals surface area contributed by atoms with Crippen molar-refractivity contribution in [3.8, 4) is 5.69 Å². The van der Waals surface area contributed by atoms with Crippen LogP contribution in [0.5, 0.6) is 0 Å². The van der Waals surface area contributed by atoms with Gasteiger partial charge in [-0.05, 0) is 37.1 Å². The maximum atomic E-state index is 13.7. The number of fused-ring (bicyclic) bond motifs is 3. The van der Waals surface area contributed by atoms with Gasteiger partial charge in [0.25, 0.3) is 5.56 Å².